The number of carboxylic acids is 1. The summed E-state index contributed by atoms with van der Waals surface area (Å²) in [6.07, 6.45) is 8.51. The van der Waals surface area contributed by atoms with Gasteiger partial charge in [0, 0.05) is 31.9 Å². The summed E-state index contributed by atoms with van der Waals surface area (Å²) >= 11 is 0. The number of amidine groups is 1. The highest BCUT2D eigenvalue weighted by Gasteiger charge is 2.36. The highest BCUT2D eigenvalue weighted by Crippen LogP contribution is 2.43. The monoisotopic (exact) mass is 591 g/mol. The maximum Gasteiger partial charge on any atom is 0.339 e. The van der Waals surface area contributed by atoms with E-state index in [-0.39, 0.29) is 29.4 Å². The van der Waals surface area contributed by atoms with Crippen LogP contribution in [0.4, 0.5) is 20.2 Å². The number of pyridine rings is 1. The molecule has 0 radical (unpaired) electrons. The lowest BCUT2D eigenvalue weighted by atomic mass is 9.90. The van der Waals surface area contributed by atoms with Crippen molar-refractivity contribution in [3.8, 4) is 23.3 Å². The Balaban J connectivity index is 1.94. The van der Waals surface area contributed by atoms with Crippen molar-refractivity contribution in [1.29, 1.82) is 5.41 Å². The Kier molecular flexibility index (Phi) is 9.03. The summed E-state index contributed by atoms with van der Waals surface area (Å²) in [5, 5.41) is 17.7. The number of aryl methyl sites for hydroxylation is 1. The number of ether oxygens (including phenoxy) is 2. The second-order valence-electron chi connectivity index (χ2n) is 10.7. The van der Waals surface area contributed by atoms with Crippen LogP contribution in [0, 0.1) is 24.0 Å². The lowest BCUT2D eigenvalue weighted by molar-refractivity contribution is 0.0694. The quantitative estimate of drug-likeness (QED) is 0.164. The van der Waals surface area contributed by atoms with Crippen LogP contribution in [-0.4, -0.2) is 48.1 Å². The van der Waals surface area contributed by atoms with Crippen molar-refractivity contribution < 1.29 is 28.2 Å². The molecule has 43 heavy (non-hydrogen) atoms. The number of carboxylic acid groups (broad SMARTS) is 1. The van der Waals surface area contributed by atoms with Crippen LogP contribution >= 0.6 is 0 Å². The zero-order chi connectivity index (χ0) is 31.5. The highest BCUT2D eigenvalue weighted by atomic mass is 19.1. The molecule has 1 aromatic heterocycles. The van der Waals surface area contributed by atoms with Crippen LogP contribution in [0.25, 0.3) is 0 Å². The second kappa shape index (κ2) is 12.5. The van der Waals surface area contributed by atoms with Crippen LogP contribution in [0.3, 0.4) is 0 Å². The van der Waals surface area contributed by atoms with Gasteiger partial charge in [-0.25, -0.2) is 4.79 Å². The SMILES string of the molecule is CCCN(c1c(F)c(Oc2cccc(C(=N)N)c2)nc(Oc2cc(C)c(N(C)C)cc2C(=O)O)c1F)C1(C)C=CC=CC1. The fourth-order valence-corrected chi connectivity index (χ4v) is 4.97. The van der Waals surface area contributed by atoms with Gasteiger partial charge in [-0.15, -0.1) is 0 Å². The molecule has 1 unspecified atom stereocenters. The third kappa shape index (κ3) is 6.45. The smallest absolute Gasteiger partial charge is 0.339 e. The number of rotatable bonds is 11. The maximum absolute atomic E-state index is 16.5. The van der Waals surface area contributed by atoms with Gasteiger partial charge in [0.15, 0.2) is 0 Å². The predicted molar refractivity (Wildman–Crippen MR) is 163 cm³/mol. The molecular formula is C32H35F2N5O4. The van der Waals surface area contributed by atoms with Gasteiger partial charge in [0.1, 0.15) is 28.6 Å². The Morgan fingerprint density at radius 1 is 1.14 bits per heavy atom. The van der Waals surface area contributed by atoms with Gasteiger partial charge in [-0.1, -0.05) is 43.4 Å². The fourth-order valence-electron chi connectivity index (χ4n) is 4.97. The van der Waals surface area contributed by atoms with Crippen LogP contribution < -0.4 is 25.0 Å². The molecule has 0 amide bonds. The number of nitrogens with one attached hydrogen (secondary N) is 1. The Hall–Kier alpha value is -4.93. The molecule has 0 bridgehead atoms. The minimum atomic E-state index is -1.29. The van der Waals surface area contributed by atoms with Gasteiger partial charge in [0.25, 0.3) is 11.8 Å². The van der Waals surface area contributed by atoms with Gasteiger partial charge in [0.2, 0.25) is 11.6 Å². The molecule has 4 rings (SSSR count). The number of aromatic nitrogens is 1. The van der Waals surface area contributed by atoms with Crippen molar-refractivity contribution in [2.24, 2.45) is 5.73 Å². The minimum absolute atomic E-state index is 0.105. The average Bonchev–Trinajstić information content (AvgIpc) is 2.95. The average molecular weight is 592 g/mol. The molecule has 1 aliphatic carbocycles. The molecule has 3 aromatic rings. The first kappa shape index (κ1) is 31.0. The van der Waals surface area contributed by atoms with Gasteiger partial charge < -0.3 is 30.1 Å². The summed E-state index contributed by atoms with van der Waals surface area (Å²) in [5.41, 5.74) is 5.79. The molecule has 9 nitrogen and oxygen atoms in total. The number of anilines is 2. The maximum atomic E-state index is 16.5. The number of allylic oxidation sites excluding steroid dienone is 2. The number of carbonyl (C=O) groups is 1. The summed E-state index contributed by atoms with van der Waals surface area (Å²) < 4.78 is 44.5. The van der Waals surface area contributed by atoms with Crippen molar-refractivity contribution >= 4 is 23.2 Å². The lowest BCUT2D eigenvalue weighted by Crippen LogP contribution is -2.47. The third-order valence-corrected chi connectivity index (χ3v) is 7.14. The van der Waals surface area contributed by atoms with Crippen molar-refractivity contribution in [3.63, 3.8) is 0 Å². The summed E-state index contributed by atoms with van der Waals surface area (Å²) in [6.45, 7) is 5.80. The van der Waals surface area contributed by atoms with E-state index >= 15 is 8.78 Å². The number of halogens is 2. The van der Waals surface area contributed by atoms with E-state index < -0.39 is 40.6 Å². The number of nitrogens with two attached hydrogens (primary N) is 1. The van der Waals surface area contributed by atoms with Crippen molar-refractivity contribution in [3.05, 3.63) is 89.0 Å². The molecule has 1 aliphatic rings. The number of aromatic carboxylic acids is 1. The fraction of sp³-hybridized carbons (Fsp3) is 0.281. The summed E-state index contributed by atoms with van der Waals surface area (Å²) in [6, 6.07) is 9.00. The molecule has 0 spiro atoms. The van der Waals surface area contributed by atoms with Crippen molar-refractivity contribution in [2.45, 2.75) is 39.2 Å². The van der Waals surface area contributed by atoms with E-state index in [4.69, 9.17) is 20.6 Å². The molecule has 226 valence electrons. The first-order chi connectivity index (χ1) is 20.4. The van der Waals surface area contributed by atoms with E-state index in [2.05, 4.69) is 4.98 Å². The van der Waals surface area contributed by atoms with E-state index in [1.165, 1.54) is 24.3 Å². The van der Waals surface area contributed by atoms with Crippen LogP contribution in [0.1, 0.15) is 48.2 Å². The number of nitrogens with zero attached hydrogens (tertiary/aromatic N) is 3. The van der Waals surface area contributed by atoms with Crippen LogP contribution in [0.5, 0.6) is 23.3 Å². The Morgan fingerprint density at radius 2 is 1.84 bits per heavy atom. The zero-order valence-electron chi connectivity index (χ0n) is 24.7. The highest BCUT2D eigenvalue weighted by molar-refractivity contribution is 5.95. The molecule has 2 aromatic carbocycles. The first-order valence-electron chi connectivity index (χ1n) is 13.7. The Morgan fingerprint density at radius 3 is 2.42 bits per heavy atom. The van der Waals surface area contributed by atoms with E-state index in [0.29, 0.717) is 29.7 Å². The summed E-state index contributed by atoms with van der Waals surface area (Å²) in [5.74, 6) is -5.00. The van der Waals surface area contributed by atoms with Crippen molar-refractivity contribution in [1.82, 2.24) is 4.98 Å². The molecule has 1 heterocycles. The molecule has 1 atom stereocenters. The van der Waals surface area contributed by atoms with Gasteiger partial charge in [0.05, 0.1) is 5.54 Å². The van der Waals surface area contributed by atoms with E-state index in [1.807, 2.05) is 38.2 Å². The molecule has 0 saturated heterocycles. The molecule has 0 fully saturated rings. The molecule has 0 aliphatic heterocycles. The topological polar surface area (TPSA) is 125 Å². The van der Waals surface area contributed by atoms with E-state index in [0.717, 1.165) is 0 Å². The van der Waals surface area contributed by atoms with Crippen LogP contribution in [0.2, 0.25) is 0 Å². The van der Waals surface area contributed by atoms with Crippen LogP contribution in [-0.2, 0) is 0 Å². The predicted octanol–water partition coefficient (Wildman–Crippen LogP) is 6.79. The standard InChI is InChI=1S/C32H35F2N5O4/c1-6-15-39(32(3)13-8-7-9-14-32)27-25(33)29(42-21-12-10-11-20(17-21)28(35)36)37-30(26(27)34)43-24-16-19(2)23(38(4)5)18-22(24)31(40)41/h7-13,16-18H,6,14-15H2,1-5H3,(H3,35,36)(H,40,41). The first-order valence-corrected chi connectivity index (χ1v) is 13.7. The molecule has 11 heteroatoms. The van der Waals surface area contributed by atoms with Gasteiger partial charge in [-0.3, -0.25) is 5.41 Å². The van der Waals surface area contributed by atoms with Gasteiger partial charge in [-0.05, 0) is 56.5 Å². The minimum Gasteiger partial charge on any atom is -0.478 e. The third-order valence-electron chi connectivity index (χ3n) is 7.14. The van der Waals surface area contributed by atoms with Gasteiger partial charge >= 0.3 is 5.97 Å². The number of hydrogen-bond acceptors (Lipinski definition) is 7. The van der Waals surface area contributed by atoms with E-state index in [1.54, 1.807) is 43.0 Å². The van der Waals surface area contributed by atoms with Crippen molar-refractivity contribution in [2.75, 3.05) is 30.4 Å². The lowest BCUT2D eigenvalue weighted by Gasteiger charge is -2.42. The largest absolute Gasteiger partial charge is 0.478 e. The Labute approximate surface area is 249 Å². The summed E-state index contributed by atoms with van der Waals surface area (Å²) in [7, 11) is 3.54. The molecule has 0 saturated carbocycles. The number of nitrogen functional groups attached to an aromatic ring is 1. The second-order valence-corrected chi connectivity index (χ2v) is 10.7. The van der Waals surface area contributed by atoms with Gasteiger partial charge in [-0.2, -0.15) is 13.8 Å². The number of hydrogen-bond donors (Lipinski definition) is 3. The molecule has 4 N–H and O–H groups in total. The molecular weight excluding hydrogens is 556 g/mol. The Bertz CT molecular complexity index is 1620. The van der Waals surface area contributed by atoms with Crippen LogP contribution in [0.15, 0.2) is 60.7 Å². The number of benzene rings is 2. The normalized spacial score (nSPS) is 15.7. The summed E-state index contributed by atoms with van der Waals surface area (Å²) in [4.78, 5) is 19.6. The zero-order valence-corrected chi connectivity index (χ0v) is 24.7. The van der Waals surface area contributed by atoms with E-state index in [9.17, 15) is 9.90 Å².